The Hall–Kier alpha value is -1.76. The van der Waals surface area contributed by atoms with Crippen molar-refractivity contribution in [2.45, 2.75) is 44.7 Å². The van der Waals surface area contributed by atoms with E-state index in [1.807, 2.05) is 0 Å². The number of anilines is 1. The molecule has 0 N–H and O–H groups in total. The van der Waals surface area contributed by atoms with Crippen LogP contribution in [0.5, 0.6) is 0 Å². The van der Waals surface area contributed by atoms with Crippen LogP contribution in [0.25, 0.3) is 0 Å². The molecule has 0 aromatic heterocycles. The molecule has 0 radical (unpaired) electrons. The van der Waals surface area contributed by atoms with E-state index in [2.05, 4.69) is 65.6 Å². The third kappa shape index (κ3) is 3.22. The molecule has 0 bridgehead atoms. The fraction of sp³-hybridized carbons (Fsp3) is 0.368. The van der Waals surface area contributed by atoms with Crippen LogP contribution in [-0.4, -0.2) is 6.04 Å². The molecule has 0 spiro atoms. The van der Waals surface area contributed by atoms with Crippen LogP contribution in [0.15, 0.2) is 60.7 Å². The van der Waals surface area contributed by atoms with Crippen LogP contribution in [0.1, 0.15) is 37.7 Å². The summed E-state index contributed by atoms with van der Waals surface area (Å²) in [6, 6.07) is 22.4. The largest absolute Gasteiger partial charge is 0.364 e. The molecule has 104 valence electrons. The number of rotatable bonds is 4. The molecule has 0 aliphatic heterocycles. The van der Waals surface area contributed by atoms with Crippen molar-refractivity contribution in [1.82, 2.24) is 0 Å². The first-order valence-electron chi connectivity index (χ1n) is 7.79. The Labute approximate surface area is 122 Å². The minimum absolute atomic E-state index is 0.700. The molecule has 2 aromatic rings. The molecule has 0 atom stereocenters. The number of nitrogens with zero attached hydrogens (tertiary/aromatic N) is 1. The van der Waals surface area contributed by atoms with Crippen molar-refractivity contribution in [2.24, 2.45) is 0 Å². The highest BCUT2D eigenvalue weighted by Gasteiger charge is 2.21. The number of hydrogen-bond acceptors (Lipinski definition) is 1. The van der Waals surface area contributed by atoms with Gasteiger partial charge in [-0.3, -0.25) is 0 Å². The van der Waals surface area contributed by atoms with Crippen molar-refractivity contribution >= 4 is 5.69 Å². The van der Waals surface area contributed by atoms with Crippen LogP contribution < -0.4 is 4.90 Å². The van der Waals surface area contributed by atoms with E-state index in [1.165, 1.54) is 43.4 Å². The monoisotopic (exact) mass is 265 g/mol. The van der Waals surface area contributed by atoms with Gasteiger partial charge in [0.1, 0.15) is 0 Å². The molecule has 1 heteroatoms. The highest BCUT2D eigenvalue weighted by molar-refractivity contribution is 5.47. The van der Waals surface area contributed by atoms with Crippen molar-refractivity contribution in [1.29, 1.82) is 0 Å². The van der Waals surface area contributed by atoms with E-state index in [9.17, 15) is 0 Å². The standard InChI is InChI=1S/C19H23N/c1-4-10-17(11-5-1)16-20(18-12-6-2-7-13-18)19-14-8-3-9-15-19/h1-2,4-7,10-13,19H,3,8-9,14-16H2. The van der Waals surface area contributed by atoms with Crippen LogP contribution in [0, 0.1) is 0 Å². The summed E-state index contributed by atoms with van der Waals surface area (Å²) in [5.41, 5.74) is 2.77. The summed E-state index contributed by atoms with van der Waals surface area (Å²) in [6.07, 6.45) is 6.83. The van der Waals surface area contributed by atoms with Crippen LogP contribution in [0.3, 0.4) is 0 Å². The van der Waals surface area contributed by atoms with E-state index in [0.717, 1.165) is 6.54 Å². The average molecular weight is 265 g/mol. The summed E-state index contributed by atoms with van der Waals surface area (Å²) in [7, 11) is 0. The Morgan fingerprint density at radius 1 is 0.750 bits per heavy atom. The van der Waals surface area contributed by atoms with E-state index < -0.39 is 0 Å². The first-order chi connectivity index (χ1) is 9.93. The first kappa shape index (κ1) is 13.2. The Kier molecular flexibility index (Phi) is 4.37. The van der Waals surface area contributed by atoms with E-state index in [0.29, 0.717) is 6.04 Å². The average Bonchev–Trinajstić information content (AvgIpc) is 2.55. The van der Waals surface area contributed by atoms with Gasteiger partial charge in [0.2, 0.25) is 0 Å². The number of hydrogen-bond donors (Lipinski definition) is 0. The first-order valence-corrected chi connectivity index (χ1v) is 7.79. The van der Waals surface area contributed by atoms with Crippen LogP contribution in [-0.2, 0) is 6.54 Å². The molecule has 1 aliphatic rings. The fourth-order valence-electron chi connectivity index (χ4n) is 3.22. The van der Waals surface area contributed by atoms with Crippen molar-refractivity contribution in [2.75, 3.05) is 4.90 Å². The van der Waals surface area contributed by atoms with Gasteiger partial charge in [0.25, 0.3) is 0 Å². The summed E-state index contributed by atoms with van der Waals surface area (Å²) in [4.78, 5) is 2.61. The SMILES string of the molecule is c1ccc(CN(c2ccccc2)C2CCCCC2)cc1. The summed E-state index contributed by atoms with van der Waals surface area (Å²) in [5, 5.41) is 0. The molecule has 0 saturated heterocycles. The molecule has 3 rings (SSSR count). The molecule has 1 nitrogen and oxygen atoms in total. The lowest BCUT2D eigenvalue weighted by molar-refractivity contribution is 0.413. The molecule has 2 aromatic carbocycles. The fourth-order valence-corrected chi connectivity index (χ4v) is 3.22. The van der Waals surface area contributed by atoms with Gasteiger partial charge >= 0.3 is 0 Å². The zero-order valence-electron chi connectivity index (χ0n) is 12.0. The Morgan fingerprint density at radius 2 is 1.35 bits per heavy atom. The minimum Gasteiger partial charge on any atom is -0.364 e. The lowest BCUT2D eigenvalue weighted by atomic mass is 9.93. The molecule has 1 fully saturated rings. The Bertz CT molecular complexity index is 500. The predicted octanol–water partition coefficient (Wildman–Crippen LogP) is 5.03. The highest BCUT2D eigenvalue weighted by atomic mass is 15.2. The topological polar surface area (TPSA) is 3.24 Å². The van der Waals surface area contributed by atoms with Crippen molar-refractivity contribution in [3.63, 3.8) is 0 Å². The van der Waals surface area contributed by atoms with Gasteiger partial charge in [-0.2, -0.15) is 0 Å². The lowest BCUT2D eigenvalue weighted by Gasteiger charge is -2.36. The second kappa shape index (κ2) is 6.60. The zero-order valence-corrected chi connectivity index (χ0v) is 12.0. The van der Waals surface area contributed by atoms with Crippen molar-refractivity contribution in [3.05, 3.63) is 66.2 Å². The Morgan fingerprint density at radius 3 is 2.00 bits per heavy atom. The van der Waals surface area contributed by atoms with Gasteiger partial charge in [0, 0.05) is 18.3 Å². The molecule has 0 amide bonds. The Balaban J connectivity index is 1.83. The van der Waals surface area contributed by atoms with Crippen molar-refractivity contribution in [3.8, 4) is 0 Å². The number of para-hydroxylation sites is 1. The molecular weight excluding hydrogens is 242 g/mol. The summed E-state index contributed by atoms with van der Waals surface area (Å²) < 4.78 is 0. The molecular formula is C19H23N. The van der Waals surface area contributed by atoms with Gasteiger partial charge < -0.3 is 4.90 Å². The van der Waals surface area contributed by atoms with Crippen LogP contribution >= 0.6 is 0 Å². The smallest absolute Gasteiger partial charge is 0.0432 e. The maximum Gasteiger partial charge on any atom is 0.0432 e. The predicted molar refractivity (Wildman–Crippen MR) is 85.9 cm³/mol. The van der Waals surface area contributed by atoms with Gasteiger partial charge in [0.15, 0.2) is 0 Å². The molecule has 1 aliphatic carbocycles. The van der Waals surface area contributed by atoms with Crippen molar-refractivity contribution < 1.29 is 0 Å². The highest BCUT2D eigenvalue weighted by Crippen LogP contribution is 2.28. The van der Waals surface area contributed by atoms with Gasteiger partial charge in [-0.15, -0.1) is 0 Å². The second-order valence-electron chi connectivity index (χ2n) is 5.74. The summed E-state index contributed by atoms with van der Waals surface area (Å²) in [6.45, 7) is 1.02. The zero-order chi connectivity index (χ0) is 13.6. The van der Waals surface area contributed by atoms with E-state index in [-0.39, 0.29) is 0 Å². The normalized spacial score (nSPS) is 16.0. The lowest BCUT2D eigenvalue weighted by Crippen LogP contribution is -2.36. The van der Waals surface area contributed by atoms with Crippen LogP contribution in [0.2, 0.25) is 0 Å². The van der Waals surface area contributed by atoms with Gasteiger partial charge in [0.05, 0.1) is 0 Å². The molecule has 0 heterocycles. The van der Waals surface area contributed by atoms with E-state index in [4.69, 9.17) is 0 Å². The maximum atomic E-state index is 2.61. The van der Waals surface area contributed by atoms with Gasteiger partial charge in [-0.25, -0.2) is 0 Å². The third-order valence-corrected chi connectivity index (χ3v) is 4.30. The molecule has 20 heavy (non-hydrogen) atoms. The number of benzene rings is 2. The van der Waals surface area contributed by atoms with E-state index in [1.54, 1.807) is 0 Å². The second-order valence-corrected chi connectivity index (χ2v) is 5.74. The van der Waals surface area contributed by atoms with Crippen LogP contribution in [0.4, 0.5) is 5.69 Å². The quantitative estimate of drug-likeness (QED) is 0.749. The molecule has 1 saturated carbocycles. The summed E-state index contributed by atoms with van der Waals surface area (Å²) >= 11 is 0. The van der Waals surface area contributed by atoms with Gasteiger partial charge in [-0.1, -0.05) is 67.8 Å². The van der Waals surface area contributed by atoms with E-state index >= 15 is 0 Å². The summed E-state index contributed by atoms with van der Waals surface area (Å²) in [5.74, 6) is 0. The van der Waals surface area contributed by atoms with Gasteiger partial charge in [-0.05, 0) is 30.5 Å². The maximum absolute atomic E-state index is 2.61. The third-order valence-electron chi connectivity index (χ3n) is 4.30. The molecule has 0 unspecified atom stereocenters. The minimum atomic E-state index is 0.700.